The van der Waals surface area contributed by atoms with Crippen molar-refractivity contribution in [3.05, 3.63) is 71.8 Å². The predicted molar refractivity (Wildman–Crippen MR) is 117 cm³/mol. The van der Waals surface area contributed by atoms with E-state index in [1.807, 2.05) is 56.3 Å². The normalized spacial score (nSPS) is 10.8. The highest BCUT2D eigenvalue weighted by Crippen LogP contribution is 2.36. The molecule has 1 heterocycles. The summed E-state index contributed by atoms with van der Waals surface area (Å²) in [6, 6.07) is 18.6. The summed E-state index contributed by atoms with van der Waals surface area (Å²) in [6.45, 7) is 3.86. The molecule has 0 aliphatic heterocycles. The molecule has 1 aromatic heterocycles. The number of thiazole rings is 1. The van der Waals surface area contributed by atoms with Crippen LogP contribution in [0.1, 0.15) is 11.1 Å². The molecular weight excluding hydrogens is 384 g/mol. The number of nitrogens with zero attached hydrogens (tertiary/aromatic N) is 1. The summed E-state index contributed by atoms with van der Waals surface area (Å²) in [5.74, 6) is 0.533. The average Bonchev–Trinajstić information content (AvgIpc) is 3.13. The number of phenols is 1. The maximum absolute atomic E-state index is 12.3. The molecule has 3 aromatic carbocycles. The number of hydrogen-bond acceptors (Lipinski definition) is 5. The second-order valence-corrected chi connectivity index (χ2v) is 7.86. The van der Waals surface area contributed by atoms with Crippen LogP contribution in [-0.2, 0) is 4.79 Å². The third kappa shape index (κ3) is 4.22. The first-order valence-corrected chi connectivity index (χ1v) is 10.00. The molecule has 0 saturated heterocycles. The first-order chi connectivity index (χ1) is 14.0. The Labute approximate surface area is 172 Å². The van der Waals surface area contributed by atoms with Crippen LogP contribution in [0.4, 0.5) is 5.69 Å². The van der Waals surface area contributed by atoms with Gasteiger partial charge in [0, 0.05) is 5.69 Å². The molecule has 0 bridgehead atoms. The van der Waals surface area contributed by atoms with Gasteiger partial charge in [-0.05, 0) is 55.8 Å². The van der Waals surface area contributed by atoms with Crippen LogP contribution < -0.4 is 10.1 Å². The molecule has 1 amide bonds. The van der Waals surface area contributed by atoms with E-state index in [0.717, 1.165) is 21.3 Å². The fourth-order valence-electron chi connectivity index (χ4n) is 3.07. The number of ether oxygens (including phenoxy) is 1. The van der Waals surface area contributed by atoms with Gasteiger partial charge < -0.3 is 15.2 Å². The molecule has 0 saturated carbocycles. The summed E-state index contributed by atoms with van der Waals surface area (Å²) in [6.07, 6.45) is 0. The number of rotatable bonds is 5. The third-order valence-corrected chi connectivity index (χ3v) is 5.56. The Kier molecular flexibility index (Phi) is 5.18. The number of para-hydroxylation sites is 1. The van der Waals surface area contributed by atoms with Crippen molar-refractivity contribution in [3.8, 4) is 22.1 Å². The van der Waals surface area contributed by atoms with Crippen molar-refractivity contribution in [2.24, 2.45) is 0 Å². The van der Waals surface area contributed by atoms with Crippen LogP contribution in [0.5, 0.6) is 11.5 Å². The SMILES string of the molecule is Cc1ccc(OCC(=O)Nc2ccc(O)c(-c3nc4ccccc4s3)c2)c(C)c1. The standard InChI is InChI=1S/C23H20N2O3S/c1-14-7-10-20(15(2)11-14)28-13-22(27)24-16-8-9-19(26)17(12-16)23-25-18-5-3-4-6-21(18)29-23/h3-12,26H,13H2,1-2H3,(H,24,27). The zero-order chi connectivity index (χ0) is 20.4. The fourth-order valence-corrected chi connectivity index (χ4v) is 4.06. The monoisotopic (exact) mass is 404 g/mol. The number of aromatic nitrogens is 1. The maximum atomic E-state index is 12.3. The summed E-state index contributed by atoms with van der Waals surface area (Å²) in [4.78, 5) is 16.9. The minimum Gasteiger partial charge on any atom is -0.507 e. The number of carbonyl (C=O) groups excluding carboxylic acids is 1. The van der Waals surface area contributed by atoms with Crippen LogP contribution in [0.25, 0.3) is 20.8 Å². The van der Waals surface area contributed by atoms with Gasteiger partial charge in [-0.1, -0.05) is 29.8 Å². The number of hydrogen-bond donors (Lipinski definition) is 2. The van der Waals surface area contributed by atoms with Crippen molar-refractivity contribution in [3.63, 3.8) is 0 Å². The molecular formula is C23H20N2O3S. The van der Waals surface area contributed by atoms with Crippen LogP contribution in [0.2, 0.25) is 0 Å². The number of benzene rings is 3. The van der Waals surface area contributed by atoms with Crippen molar-refractivity contribution in [1.29, 1.82) is 0 Å². The van der Waals surface area contributed by atoms with Gasteiger partial charge in [0.2, 0.25) is 0 Å². The quantitative estimate of drug-likeness (QED) is 0.443. The fraction of sp³-hybridized carbons (Fsp3) is 0.130. The molecule has 2 N–H and O–H groups in total. The average molecular weight is 404 g/mol. The van der Waals surface area contributed by atoms with E-state index in [4.69, 9.17) is 4.74 Å². The van der Waals surface area contributed by atoms with Gasteiger partial charge in [0.25, 0.3) is 5.91 Å². The van der Waals surface area contributed by atoms with Gasteiger partial charge in [-0.15, -0.1) is 11.3 Å². The topological polar surface area (TPSA) is 71.5 Å². The number of fused-ring (bicyclic) bond motifs is 1. The number of phenolic OH excluding ortho intramolecular Hbond substituents is 1. The van der Waals surface area contributed by atoms with Crippen molar-refractivity contribution in [2.45, 2.75) is 13.8 Å². The second kappa shape index (κ2) is 7.93. The lowest BCUT2D eigenvalue weighted by Gasteiger charge is -2.11. The highest BCUT2D eigenvalue weighted by atomic mass is 32.1. The molecule has 5 nitrogen and oxygen atoms in total. The molecule has 4 aromatic rings. The van der Waals surface area contributed by atoms with E-state index in [1.54, 1.807) is 18.2 Å². The predicted octanol–water partition coefficient (Wildman–Crippen LogP) is 5.30. The zero-order valence-corrected chi connectivity index (χ0v) is 16.9. The van der Waals surface area contributed by atoms with Gasteiger partial charge in [-0.2, -0.15) is 0 Å². The Morgan fingerprint density at radius 3 is 2.72 bits per heavy atom. The Hall–Kier alpha value is -3.38. The molecule has 0 unspecified atom stereocenters. The smallest absolute Gasteiger partial charge is 0.262 e. The molecule has 0 aliphatic rings. The molecule has 0 radical (unpaired) electrons. The van der Waals surface area contributed by atoms with E-state index >= 15 is 0 Å². The van der Waals surface area contributed by atoms with Crippen molar-refractivity contribution < 1.29 is 14.6 Å². The van der Waals surface area contributed by atoms with Crippen molar-refractivity contribution in [2.75, 3.05) is 11.9 Å². The lowest BCUT2D eigenvalue weighted by atomic mass is 10.1. The maximum Gasteiger partial charge on any atom is 0.262 e. The van der Waals surface area contributed by atoms with E-state index in [9.17, 15) is 9.90 Å². The number of nitrogens with one attached hydrogen (secondary N) is 1. The van der Waals surface area contributed by atoms with Crippen molar-refractivity contribution >= 4 is 33.1 Å². The van der Waals surface area contributed by atoms with Gasteiger partial charge in [0.1, 0.15) is 16.5 Å². The lowest BCUT2D eigenvalue weighted by Crippen LogP contribution is -2.20. The third-order valence-electron chi connectivity index (χ3n) is 4.49. The minimum atomic E-state index is -0.272. The molecule has 4 rings (SSSR count). The molecule has 0 aliphatic carbocycles. The summed E-state index contributed by atoms with van der Waals surface area (Å²) < 4.78 is 6.67. The van der Waals surface area contributed by atoms with Gasteiger partial charge >= 0.3 is 0 Å². The Balaban J connectivity index is 1.49. The van der Waals surface area contributed by atoms with Crippen LogP contribution in [-0.4, -0.2) is 22.6 Å². The summed E-state index contributed by atoms with van der Waals surface area (Å²) in [7, 11) is 0. The largest absolute Gasteiger partial charge is 0.507 e. The van der Waals surface area contributed by atoms with Gasteiger partial charge in [-0.25, -0.2) is 4.98 Å². The van der Waals surface area contributed by atoms with E-state index in [-0.39, 0.29) is 18.3 Å². The highest BCUT2D eigenvalue weighted by molar-refractivity contribution is 7.21. The molecule has 29 heavy (non-hydrogen) atoms. The zero-order valence-electron chi connectivity index (χ0n) is 16.1. The van der Waals surface area contributed by atoms with Crippen molar-refractivity contribution in [1.82, 2.24) is 4.98 Å². The van der Waals surface area contributed by atoms with Crippen LogP contribution in [0.15, 0.2) is 60.7 Å². The number of aromatic hydroxyl groups is 1. The van der Waals surface area contributed by atoms with E-state index in [1.165, 1.54) is 11.3 Å². The molecule has 146 valence electrons. The number of aryl methyl sites for hydroxylation is 2. The highest BCUT2D eigenvalue weighted by Gasteiger charge is 2.13. The minimum absolute atomic E-state index is 0.0960. The second-order valence-electron chi connectivity index (χ2n) is 6.82. The van der Waals surface area contributed by atoms with Gasteiger partial charge in [-0.3, -0.25) is 4.79 Å². The van der Waals surface area contributed by atoms with Crippen LogP contribution >= 0.6 is 11.3 Å². The Morgan fingerprint density at radius 2 is 1.93 bits per heavy atom. The van der Waals surface area contributed by atoms with Crippen LogP contribution in [0, 0.1) is 13.8 Å². The number of carbonyl (C=O) groups is 1. The number of amides is 1. The molecule has 0 spiro atoms. The first kappa shape index (κ1) is 19.0. The molecule has 0 fully saturated rings. The molecule has 0 atom stereocenters. The summed E-state index contributed by atoms with van der Waals surface area (Å²) >= 11 is 1.49. The Morgan fingerprint density at radius 1 is 1.10 bits per heavy atom. The van der Waals surface area contributed by atoms with E-state index in [2.05, 4.69) is 10.3 Å². The van der Waals surface area contributed by atoms with E-state index < -0.39 is 0 Å². The van der Waals surface area contributed by atoms with E-state index in [0.29, 0.717) is 22.0 Å². The first-order valence-electron chi connectivity index (χ1n) is 9.18. The molecule has 6 heteroatoms. The summed E-state index contributed by atoms with van der Waals surface area (Å²) in [5.41, 5.74) is 4.17. The van der Waals surface area contributed by atoms with Gasteiger partial charge in [0.15, 0.2) is 6.61 Å². The van der Waals surface area contributed by atoms with Crippen LogP contribution in [0.3, 0.4) is 0 Å². The Bertz CT molecular complexity index is 1170. The van der Waals surface area contributed by atoms with Gasteiger partial charge in [0.05, 0.1) is 15.8 Å². The lowest BCUT2D eigenvalue weighted by molar-refractivity contribution is -0.118. The summed E-state index contributed by atoms with van der Waals surface area (Å²) in [5, 5.41) is 13.8. The number of anilines is 1.